The van der Waals surface area contributed by atoms with Gasteiger partial charge >= 0.3 is 0 Å². The second-order valence-electron chi connectivity index (χ2n) is 4.98. The van der Waals surface area contributed by atoms with Crippen LogP contribution in [0.3, 0.4) is 0 Å². The van der Waals surface area contributed by atoms with E-state index in [2.05, 4.69) is 15.3 Å². The van der Waals surface area contributed by atoms with E-state index in [9.17, 15) is 4.79 Å². The third-order valence-corrected chi connectivity index (χ3v) is 3.41. The molecule has 3 heterocycles. The molecular weight excluding hydrogens is 264 g/mol. The maximum Gasteiger partial charge on any atom is 0.217 e. The lowest BCUT2D eigenvalue weighted by molar-refractivity contribution is -0.119. The second kappa shape index (κ2) is 5.36. The van der Waals surface area contributed by atoms with Gasteiger partial charge in [0.05, 0.1) is 5.69 Å². The molecule has 0 fully saturated rings. The minimum Gasteiger partial charge on any atom is -0.352 e. The summed E-state index contributed by atoms with van der Waals surface area (Å²) in [6.07, 6.45) is 5.58. The quantitative estimate of drug-likeness (QED) is 0.800. The molecule has 0 spiro atoms. The van der Waals surface area contributed by atoms with Crippen LogP contribution in [0.15, 0.2) is 42.9 Å². The fraction of sp³-hybridized carbons (Fsp3) is 0.188. The lowest BCUT2D eigenvalue weighted by Crippen LogP contribution is -2.18. The highest BCUT2D eigenvalue weighted by Gasteiger charge is 2.08. The molecule has 106 valence electrons. The summed E-state index contributed by atoms with van der Waals surface area (Å²) in [5, 5.41) is 3.85. The molecule has 3 aromatic heterocycles. The van der Waals surface area contributed by atoms with E-state index in [1.807, 2.05) is 42.1 Å². The van der Waals surface area contributed by atoms with Crippen molar-refractivity contribution in [3.63, 3.8) is 0 Å². The molecule has 1 amide bonds. The summed E-state index contributed by atoms with van der Waals surface area (Å²) < 4.78 is 1.99. The Morgan fingerprint density at radius 1 is 1.24 bits per heavy atom. The van der Waals surface area contributed by atoms with Crippen molar-refractivity contribution >= 4 is 16.9 Å². The molecule has 0 saturated carbocycles. The molecule has 0 aliphatic rings. The zero-order valence-electron chi connectivity index (χ0n) is 12.0. The first kappa shape index (κ1) is 13.3. The van der Waals surface area contributed by atoms with Crippen LogP contribution in [0.5, 0.6) is 0 Å². The largest absolute Gasteiger partial charge is 0.352 e. The number of rotatable bonds is 3. The maximum absolute atomic E-state index is 10.9. The van der Waals surface area contributed by atoms with Gasteiger partial charge in [0.2, 0.25) is 5.91 Å². The third-order valence-electron chi connectivity index (χ3n) is 3.41. The molecule has 0 atom stereocenters. The van der Waals surface area contributed by atoms with Gasteiger partial charge in [0.15, 0.2) is 0 Å². The van der Waals surface area contributed by atoms with E-state index in [0.29, 0.717) is 6.54 Å². The Balaban J connectivity index is 1.94. The highest BCUT2D eigenvalue weighted by molar-refractivity contribution is 5.92. The van der Waals surface area contributed by atoms with Crippen LogP contribution >= 0.6 is 0 Å². The van der Waals surface area contributed by atoms with E-state index >= 15 is 0 Å². The van der Waals surface area contributed by atoms with Crippen LogP contribution in [0.2, 0.25) is 0 Å². The average molecular weight is 280 g/mol. The van der Waals surface area contributed by atoms with E-state index in [0.717, 1.165) is 27.9 Å². The van der Waals surface area contributed by atoms with Crippen molar-refractivity contribution in [3.05, 3.63) is 48.4 Å². The van der Waals surface area contributed by atoms with Crippen molar-refractivity contribution < 1.29 is 4.79 Å². The highest BCUT2D eigenvalue weighted by Crippen LogP contribution is 2.26. The lowest BCUT2D eigenvalue weighted by atomic mass is 10.1. The first-order valence-corrected chi connectivity index (χ1v) is 6.75. The van der Waals surface area contributed by atoms with Crippen LogP contribution in [-0.4, -0.2) is 20.4 Å². The van der Waals surface area contributed by atoms with Gasteiger partial charge in [-0.3, -0.25) is 9.78 Å². The summed E-state index contributed by atoms with van der Waals surface area (Å²) >= 11 is 0. The minimum absolute atomic E-state index is 0.0424. The Bertz CT molecular complexity index is 790. The van der Waals surface area contributed by atoms with Gasteiger partial charge in [0.1, 0.15) is 5.65 Å². The minimum atomic E-state index is -0.0424. The number of fused-ring (bicyclic) bond motifs is 1. The molecule has 0 radical (unpaired) electrons. The number of aromatic nitrogens is 3. The number of aryl methyl sites for hydroxylation is 1. The predicted octanol–water partition coefficient (Wildman–Crippen LogP) is 2.27. The zero-order chi connectivity index (χ0) is 14.8. The SMILES string of the molecule is CC(=O)NCc1ccc(-c2ccnc3c2ccn3C)nc1. The fourth-order valence-corrected chi connectivity index (χ4v) is 2.30. The first-order chi connectivity index (χ1) is 10.1. The Hall–Kier alpha value is -2.69. The van der Waals surface area contributed by atoms with E-state index in [4.69, 9.17) is 0 Å². The summed E-state index contributed by atoms with van der Waals surface area (Å²) in [6, 6.07) is 7.97. The number of pyridine rings is 2. The molecule has 1 N–H and O–H groups in total. The van der Waals surface area contributed by atoms with Gasteiger partial charge in [-0.05, 0) is 23.8 Å². The fourth-order valence-electron chi connectivity index (χ4n) is 2.30. The zero-order valence-corrected chi connectivity index (χ0v) is 12.0. The topological polar surface area (TPSA) is 59.8 Å². The van der Waals surface area contributed by atoms with Crippen molar-refractivity contribution in [1.29, 1.82) is 0 Å². The summed E-state index contributed by atoms with van der Waals surface area (Å²) in [5.74, 6) is -0.0424. The van der Waals surface area contributed by atoms with Gasteiger partial charge in [-0.1, -0.05) is 6.07 Å². The van der Waals surface area contributed by atoms with Gasteiger partial charge in [-0.2, -0.15) is 0 Å². The predicted molar refractivity (Wildman–Crippen MR) is 81.5 cm³/mol. The molecule has 0 aliphatic carbocycles. The van der Waals surface area contributed by atoms with Gasteiger partial charge in [0.25, 0.3) is 0 Å². The maximum atomic E-state index is 10.9. The van der Waals surface area contributed by atoms with Crippen LogP contribution in [-0.2, 0) is 18.4 Å². The van der Waals surface area contributed by atoms with Gasteiger partial charge in [0, 0.05) is 50.1 Å². The van der Waals surface area contributed by atoms with Crippen molar-refractivity contribution in [2.45, 2.75) is 13.5 Å². The molecule has 0 unspecified atom stereocenters. The number of hydrogen-bond acceptors (Lipinski definition) is 3. The summed E-state index contributed by atoms with van der Waals surface area (Å²) in [4.78, 5) is 19.8. The van der Waals surface area contributed by atoms with Crippen molar-refractivity contribution in [3.8, 4) is 11.3 Å². The van der Waals surface area contributed by atoms with E-state index in [-0.39, 0.29) is 5.91 Å². The summed E-state index contributed by atoms with van der Waals surface area (Å²) in [5.41, 5.74) is 3.88. The number of nitrogens with one attached hydrogen (secondary N) is 1. The normalized spacial score (nSPS) is 10.8. The number of carbonyl (C=O) groups excluding carboxylic acids is 1. The Kier molecular flexibility index (Phi) is 3.39. The second-order valence-corrected chi connectivity index (χ2v) is 4.98. The Labute approximate surface area is 122 Å². The molecule has 0 aliphatic heterocycles. The Morgan fingerprint density at radius 2 is 2.10 bits per heavy atom. The number of amides is 1. The monoisotopic (exact) mass is 280 g/mol. The van der Waals surface area contributed by atoms with E-state index < -0.39 is 0 Å². The van der Waals surface area contributed by atoms with Crippen LogP contribution in [0.1, 0.15) is 12.5 Å². The first-order valence-electron chi connectivity index (χ1n) is 6.75. The van der Waals surface area contributed by atoms with Crippen molar-refractivity contribution in [1.82, 2.24) is 19.9 Å². The molecule has 5 nitrogen and oxygen atoms in total. The van der Waals surface area contributed by atoms with Crippen LogP contribution in [0.4, 0.5) is 0 Å². The van der Waals surface area contributed by atoms with Crippen LogP contribution < -0.4 is 5.32 Å². The summed E-state index contributed by atoms with van der Waals surface area (Å²) in [6.45, 7) is 2.00. The molecule has 0 bridgehead atoms. The smallest absolute Gasteiger partial charge is 0.217 e. The molecule has 3 aromatic rings. The van der Waals surface area contributed by atoms with Crippen LogP contribution in [0.25, 0.3) is 22.3 Å². The van der Waals surface area contributed by atoms with E-state index in [1.165, 1.54) is 6.92 Å². The van der Waals surface area contributed by atoms with Gasteiger partial charge in [-0.15, -0.1) is 0 Å². The molecule has 21 heavy (non-hydrogen) atoms. The summed E-state index contributed by atoms with van der Waals surface area (Å²) in [7, 11) is 1.98. The lowest BCUT2D eigenvalue weighted by Gasteiger charge is -2.06. The molecule has 0 aromatic carbocycles. The van der Waals surface area contributed by atoms with E-state index in [1.54, 1.807) is 12.4 Å². The van der Waals surface area contributed by atoms with Crippen molar-refractivity contribution in [2.24, 2.45) is 7.05 Å². The van der Waals surface area contributed by atoms with Gasteiger partial charge in [-0.25, -0.2) is 4.98 Å². The van der Waals surface area contributed by atoms with Crippen molar-refractivity contribution in [2.75, 3.05) is 0 Å². The third kappa shape index (κ3) is 2.63. The Morgan fingerprint density at radius 3 is 2.81 bits per heavy atom. The highest BCUT2D eigenvalue weighted by atomic mass is 16.1. The molecule has 5 heteroatoms. The molecular formula is C16H16N4O. The number of carbonyl (C=O) groups is 1. The number of nitrogens with zero attached hydrogens (tertiary/aromatic N) is 3. The molecule has 3 rings (SSSR count). The average Bonchev–Trinajstić information content (AvgIpc) is 2.87. The standard InChI is InChI=1S/C16H16N4O/c1-11(21)18-9-12-3-4-15(19-10-12)13-5-7-17-16-14(13)6-8-20(16)2/h3-8,10H,9H2,1-2H3,(H,18,21). The molecule has 0 saturated heterocycles. The van der Waals surface area contributed by atoms with Crippen LogP contribution in [0, 0.1) is 0 Å². The van der Waals surface area contributed by atoms with Gasteiger partial charge < -0.3 is 9.88 Å². The number of hydrogen-bond donors (Lipinski definition) is 1.